The molecule has 2 aromatic rings. The van der Waals surface area contributed by atoms with Gasteiger partial charge in [-0.15, -0.1) is 0 Å². The molecule has 3 saturated heterocycles. The van der Waals surface area contributed by atoms with Crippen LogP contribution in [-0.4, -0.2) is 55.2 Å². The van der Waals surface area contributed by atoms with Gasteiger partial charge in [-0.25, -0.2) is 4.79 Å². The summed E-state index contributed by atoms with van der Waals surface area (Å²) in [4.78, 5) is 17.9. The number of ether oxygens (including phenoxy) is 1. The lowest BCUT2D eigenvalue weighted by molar-refractivity contribution is 0.0766. The van der Waals surface area contributed by atoms with E-state index >= 15 is 0 Å². The van der Waals surface area contributed by atoms with Gasteiger partial charge in [0.05, 0.1) is 7.11 Å². The SMILES string of the molecule is COc1ccc2[nH]cc(CCNC(=O)N[C@@H]3CN4CCC3CC4)c2c1. The van der Waals surface area contributed by atoms with Crippen molar-refractivity contribution in [1.29, 1.82) is 0 Å². The van der Waals surface area contributed by atoms with Crippen LogP contribution in [0.15, 0.2) is 24.4 Å². The number of nitrogens with one attached hydrogen (secondary N) is 3. The molecule has 25 heavy (non-hydrogen) atoms. The van der Waals surface area contributed by atoms with Gasteiger partial charge in [-0.1, -0.05) is 0 Å². The first-order valence-electron chi connectivity index (χ1n) is 9.13. The van der Waals surface area contributed by atoms with Crippen LogP contribution in [0.25, 0.3) is 10.9 Å². The highest BCUT2D eigenvalue weighted by Gasteiger charge is 2.34. The Labute approximate surface area is 147 Å². The Morgan fingerprint density at radius 1 is 1.36 bits per heavy atom. The number of piperidine rings is 3. The molecule has 4 heterocycles. The maximum Gasteiger partial charge on any atom is 0.315 e. The molecule has 2 bridgehead atoms. The zero-order chi connectivity index (χ0) is 17.2. The van der Waals surface area contributed by atoms with E-state index in [0.29, 0.717) is 18.5 Å². The molecule has 3 aliphatic rings. The molecule has 3 N–H and O–H groups in total. The molecule has 1 atom stereocenters. The highest BCUT2D eigenvalue weighted by Crippen LogP contribution is 2.27. The van der Waals surface area contributed by atoms with Gasteiger partial charge in [0.2, 0.25) is 0 Å². The number of carbonyl (C=O) groups is 1. The minimum absolute atomic E-state index is 0.0452. The summed E-state index contributed by atoms with van der Waals surface area (Å²) in [6.45, 7) is 4.00. The fourth-order valence-electron chi connectivity index (χ4n) is 4.15. The van der Waals surface area contributed by atoms with Crippen LogP contribution in [-0.2, 0) is 6.42 Å². The monoisotopic (exact) mass is 342 g/mol. The normalized spacial score (nSPS) is 25.1. The van der Waals surface area contributed by atoms with Gasteiger partial charge < -0.3 is 25.3 Å². The fraction of sp³-hybridized carbons (Fsp3) is 0.526. The molecule has 0 unspecified atom stereocenters. The molecule has 0 radical (unpaired) electrons. The maximum absolute atomic E-state index is 12.2. The molecular formula is C19H26N4O2. The topological polar surface area (TPSA) is 69.4 Å². The summed E-state index contributed by atoms with van der Waals surface area (Å²) in [5.74, 6) is 1.50. The number of fused-ring (bicyclic) bond motifs is 4. The van der Waals surface area contributed by atoms with Crippen LogP contribution in [0.2, 0.25) is 0 Å². The van der Waals surface area contributed by atoms with E-state index in [0.717, 1.165) is 29.6 Å². The molecule has 1 aromatic carbocycles. The van der Waals surface area contributed by atoms with Crippen molar-refractivity contribution in [3.8, 4) is 5.75 Å². The van der Waals surface area contributed by atoms with Crippen molar-refractivity contribution in [2.45, 2.75) is 25.3 Å². The van der Waals surface area contributed by atoms with Crippen LogP contribution < -0.4 is 15.4 Å². The Hall–Kier alpha value is -2.21. The summed E-state index contributed by atoms with van der Waals surface area (Å²) in [5, 5.41) is 7.33. The summed E-state index contributed by atoms with van der Waals surface area (Å²) in [6.07, 6.45) is 5.22. The van der Waals surface area contributed by atoms with Crippen molar-refractivity contribution < 1.29 is 9.53 Å². The van der Waals surface area contributed by atoms with E-state index in [-0.39, 0.29) is 6.03 Å². The maximum atomic E-state index is 12.2. The number of benzene rings is 1. The fourth-order valence-corrected chi connectivity index (χ4v) is 4.15. The van der Waals surface area contributed by atoms with Gasteiger partial charge >= 0.3 is 6.03 Å². The second-order valence-corrected chi connectivity index (χ2v) is 7.12. The molecule has 1 aromatic heterocycles. The largest absolute Gasteiger partial charge is 0.497 e. The molecule has 5 rings (SSSR count). The van der Waals surface area contributed by atoms with E-state index < -0.39 is 0 Å². The zero-order valence-electron chi connectivity index (χ0n) is 14.7. The van der Waals surface area contributed by atoms with Crippen molar-refractivity contribution >= 4 is 16.9 Å². The molecule has 0 spiro atoms. The number of carbonyl (C=O) groups excluding carboxylic acids is 1. The number of aromatic nitrogens is 1. The number of amides is 2. The molecular weight excluding hydrogens is 316 g/mol. The van der Waals surface area contributed by atoms with Crippen LogP contribution >= 0.6 is 0 Å². The predicted octanol–water partition coefficient (Wildman–Crippen LogP) is 2.11. The van der Waals surface area contributed by atoms with E-state index in [1.807, 2.05) is 24.4 Å². The molecule has 6 heteroatoms. The first kappa shape index (κ1) is 16.3. The average molecular weight is 342 g/mol. The van der Waals surface area contributed by atoms with E-state index in [4.69, 9.17) is 4.74 Å². The average Bonchev–Trinajstić information content (AvgIpc) is 3.05. The highest BCUT2D eigenvalue weighted by atomic mass is 16.5. The number of aromatic amines is 1. The Morgan fingerprint density at radius 2 is 2.20 bits per heavy atom. The van der Waals surface area contributed by atoms with Crippen molar-refractivity contribution in [2.24, 2.45) is 5.92 Å². The summed E-state index contributed by atoms with van der Waals surface area (Å²) in [6, 6.07) is 6.26. The number of nitrogens with zero attached hydrogens (tertiary/aromatic N) is 1. The van der Waals surface area contributed by atoms with Gasteiger partial charge in [-0.3, -0.25) is 0 Å². The lowest BCUT2D eigenvalue weighted by Crippen LogP contribution is -2.58. The van der Waals surface area contributed by atoms with Gasteiger partial charge in [0.15, 0.2) is 0 Å². The summed E-state index contributed by atoms with van der Waals surface area (Å²) in [5.41, 5.74) is 2.28. The third-order valence-corrected chi connectivity index (χ3v) is 5.63. The molecule has 0 saturated carbocycles. The summed E-state index contributed by atoms with van der Waals surface area (Å²) in [7, 11) is 1.67. The van der Waals surface area contributed by atoms with Crippen molar-refractivity contribution in [3.63, 3.8) is 0 Å². The van der Waals surface area contributed by atoms with Crippen LogP contribution in [0.5, 0.6) is 5.75 Å². The first-order valence-corrected chi connectivity index (χ1v) is 9.13. The van der Waals surface area contributed by atoms with E-state index in [9.17, 15) is 4.79 Å². The van der Waals surface area contributed by atoms with Crippen LogP contribution in [0.4, 0.5) is 4.79 Å². The number of urea groups is 1. The highest BCUT2D eigenvalue weighted by molar-refractivity contribution is 5.84. The third kappa shape index (κ3) is 3.44. The smallest absolute Gasteiger partial charge is 0.315 e. The lowest BCUT2D eigenvalue weighted by Gasteiger charge is -2.44. The van der Waals surface area contributed by atoms with E-state index in [1.165, 1.54) is 31.5 Å². The quantitative estimate of drug-likeness (QED) is 0.779. The number of hydrogen-bond donors (Lipinski definition) is 3. The molecule has 2 amide bonds. The zero-order valence-corrected chi connectivity index (χ0v) is 14.7. The summed E-state index contributed by atoms with van der Waals surface area (Å²) >= 11 is 0. The van der Waals surface area contributed by atoms with E-state index in [2.05, 4.69) is 20.5 Å². The Morgan fingerprint density at radius 3 is 2.92 bits per heavy atom. The second-order valence-electron chi connectivity index (χ2n) is 7.12. The van der Waals surface area contributed by atoms with Gasteiger partial charge in [0.1, 0.15) is 5.75 Å². The first-order chi connectivity index (χ1) is 12.2. The summed E-state index contributed by atoms with van der Waals surface area (Å²) < 4.78 is 5.30. The Bertz CT molecular complexity index is 749. The van der Waals surface area contributed by atoms with Crippen LogP contribution in [0.3, 0.4) is 0 Å². The molecule has 134 valence electrons. The number of hydrogen-bond acceptors (Lipinski definition) is 3. The number of methoxy groups -OCH3 is 1. The van der Waals surface area contributed by atoms with Gasteiger partial charge in [0, 0.05) is 36.2 Å². The van der Waals surface area contributed by atoms with Crippen LogP contribution in [0.1, 0.15) is 18.4 Å². The third-order valence-electron chi connectivity index (χ3n) is 5.63. The van der Waals surface area contributed by atoms with Crippen molar-refractivity contribution in [2.75, 3.05) is 33.3 Å². The lowest BCUT2D eigenvalue weighted by atomic mass is 9.84. The Kier molecular flexibility index (Phi) is 4.53. The van der Waals surface area contributed by atoms with E-state index in [1.54, 1.807) is 7.11 Å². The number of rotatable bonds is 5. The van der Waals surface area contributed by atoms with Gasteiger partial charge in [0.25, 0.3) is 0 Å². The minimum Gasteiger partial charge on any atom is -0.497 e. The van der Waals surface area contributed by atoms with Crippen molar-refractivity contribution in [1.82, 2.24) is 20.5 Å². The predicted molar refractivity (Wildman–Crippen MR) is 98.0 cm³/mol. The molecule has 3 aliphatic heterocycles. The van der Waals surface area contributed by atoms with Gasteiger partial charge in [-0.2, -0.15) is 0 Å². The molecule has 0 aliphatic carbocycles. The molecule has 3 fully saturated rings. The Balaban J connectivity index is 1.29. The van der Waals surface area contributed by atoms with Crippen molar-refractivity contribution in [3.05, 3.63) is 30.0 Å². The standard InChI is InChI=1S/C19H26N4O2/c1-25-15-2-3-17-16(10-15)14(11-21-17)4-7-20-19(24)22-18-12-23-8-5-13(18)6-9-23/h2-3,10-11,13,18,21H,4-9,12H2,1H3,(H2,20,22,24)/t18-/m1/s1. The van der Waals surface area contributed by atoms with Gasteiger partial charge in [-0.05, 0) is 62.0 Å². The number of H-pyrrole nitrogens is 1. The second kappa shape index (κ2) is 6.96. The molecule has 6 nitrogen and oxygen atoms in total. The minimum atomic E-state index is -0.0452. The van der Waals surface area contributed by atoms with Crippen LogP contribution in [0, 0.1) is 5.92 Å².